The lowest BCUT2D eigenvalue weighted by Crippen LogP contribution is -2.46. The number of anilines is 1. The molecule has 8 heteroatoms. The Labute approximate surface area is 200 Å². The van der Waals surface area contributed by atoms with Crippen molar-refractivity contribution in [3.8, 4) is 11.3 Å². The molecule has 0 saturated carbocycles. The summed E-state index contributed by atoms with van der Waals surface area (Å²) in [4.78, 5) is 10.2. The molecule has 0 bridgehead atoms. The molecule has 6 nitrogen and oxygen atoms in total. The first kappa shape index (κ1) is 22.7. The second kappa shape index (κ2) is 9.62. The van der Waals surface area contributed by atoms with Gasteiger partial charge in [0.1, 0.15) is 5.82 Å². The minimum absolute atomic E-state index is 0.349. The predicted molar refractivity (Wildman–Crippen MR) is 138 cm³/mol. The topological polar surface area (TPSA) is 56.8 Å². The van der Waals surface area contributed by atoms with Gasteiger partial charge in [-0.1, -0.05) is 49.4 Å². The van der Waals surface area contributed by atoms with Gasteiger partial charge >= 0.3 is 0 Å². The van der Waals surface area contributed by atoms with Gasteiger partial charge in [-0.25, -0.2) is 13.4 Å². The van der Waals surface area contributed by atoms with Crippen LogP contribution < -0.4 is 4.90 Å². The van der Waals surface area contributed by atoms with Crippen LogP contribution in [0.3, 0.4) is 0 Å². The Bertz CT molecular complexity index is 1230. The molecule has 33 heavy (non-hydrogen) atoms. The zero-order chi connectivity index (χ0) is 22.8. The monoisotopic (exact) mass is 482 g/mol. The molecular weight excluding hydrogens is 452 g/mol. The molecular formula is C25H30N4O2S2. The molecule has 0 spiro atoms. The average Bonchev–Trinajstić information content (AvgIpc) is 2.88. The summed E-state index contributed by atoms with van der Waals surface area (Å²) in [5.74, 6) is 2.62. The Kier molecular flexibility index (Phi) is 6.60. The predicted octanol–water partition coefficient (Wildman–Crippen LogP) is 3.78. The highest BCUT2D eigenvalue weighted by atomic mass is 32.2. The molecule has 2 aromatic carbocycles. The maximum atomic E-state index is 13.6. The van der Waals surface area contributed by atoms with E-state index in [1.54, 1.807) is 28.2 Å². The van der Waals surface area contributed by atoms with Gasteiger partial charge in [-0.05, 0) is 24.1 Å². The van der Waals surface area contributed by atoms with Crippen molar-refractivity contribution in [2.24, 2.45) is 0 Å². The molecule has 0 radical (unpaired) electrons. The number of piperazine rings is 1. The van der Waals surface area contributed by atoms with E-state index < -0.39 is 10.0 Å². The van der Waals surface area contributed by atoms with Gasteiger partial charge in [0.15, 0.2) is 0 Å². The molecule has 1 aromatic heterocycles. The summed E-state index contributed by atoms with van der Waals surface area (Å²) in [6.07, 6.45) is 0. The zero-order valence-corrected chi connectivity index (χ0v) is 20.6. The first-order valence-corrected chi connectivity index (χ1v) is 14.2. The highest BCUT2D eigenvalue weighted by Crippen LogP contribution is 2.34. The standard InChI is InChI=1S/C25H30N4O2S2/c1-2-27-11-13-28(14-12-27)25-21-8-4-3-7-20(21)19-23(26-25)22-9-5-6-10-24(22)33(30,31)29-15-17-32-18-16-29/h3-10,19H,2,11-18H2,1H3. The Balaban J connectivity index is 1.60. The van der Waals surface area contributed by atoms with Crippen molar-refractivity contribution < 1.29 is 8.42 Å². The lowest BCUT2D eigenvalue weighted by molar-refractivity contribution is 0.271. The number of fused-ring (bicyclic) bond motifs is 1. The van der Waals surface area contributed by atoms with Crippen LogP contribution in [0.5, 0.6) is 0 Å². The molecule has 2 aliphatic rings. The Morgan fingerprint density at radius 2 is 1.61 bits per heavy atom. The van der Waals surface area contributed by atoms with Crippen molar-refractivity contribution in [1.82, 2.24) is 14.2 Å². The molecule has 2 saturated heterocycles. The lowest BCUT2D eigenvalue weighted by Gasteiger charge is -2.35. The molecule has 3 heterocycles. The number of benzene rings is 2. The van der Waals surface area contributed by atoms with E-state index in [9.17, 15) is 8.42 Å². The number of rotatable bonds is 5. The van der Waals surface area contributed by atoms with E-state index in [1.165, 1.54) is 0 Å². The van der Waals surface area contributed by atoms with Crippen LogP contribution in [0.1, 0.15) is 6.92 Å². The number of hydrogen-bond donors (Lipinski definition) is 0. The van der Waals surface area contributed by atoms with Crippen molar-refractivity contribution in [3.05, 3.63) is 54.6 Å². The molecule has 0 atom stereocenters. The molecule has 0 amide bonds. The molecule has 2 aliphatic heterocycles. The Hall–Kier alpha value is -2.13. The number of pyridine rings is 1. The normalized spacial score (nSPS) is 18.6. The molecule has 0 aliphatic carbocycles. The second-order valence-electron chi connectivity index (χ2n) is 8.49. The molecule has 3 aromatic rings. The summed E-state index contributed by atoms with van der Waals surface area (Å²) < 4.78 is 28.8. The smallest absolute Gasteiger partial charge is 0.243 e. The van der Waals surface area contributed by atoms with Gasteiger partial charge in [0.25, 0.3) is 0 Å². The molecule has 0 N–H and O–H groups in total. The third-order valence-electron chi connectivity index (χ3n) is 6.59. The van der Waals surface area contributed by atoms with Gasteiger partial charge in [-0.15, -0.1) is 0 Å². The van der Waals surface area contributed by atoms with Crippen molar-refractivity contribution >= 4 is 38.4 Å². The van der Waals surface area contributed by atoms with E-state index in [0.717, 1.165) is 60.8 Å². The second-order valence-corrected chi connectivity index (χ2v) is 11.6. The van der Waals surface area contributed by atoms with E-state index in [4.69, 9.17) is 4.98 Å². The SMILES string of the molecule is CCN1CCN(c2nc(-c3ccccc3S(=O)(=O)N3CCSCC3)cc3ccccc23)CC1. The van der Waals surface area contributed by atoms with Gasteiger partial charge < -0.3 is 9.80 Å². The van der Waals surface area contributed by atoms with Crippen LogP contribution in [0.4, 0.5) is 5.82 Å². The molecule has 2 fully saturated rings. The highest BCUT2D eigenvalue weighted by molar-refractivity contribution is 7.99. The summed E-state index contributed by atoms with van der Waals surface area (Å²) in [6.45, 7) is 8.21. The number of aromatic nitrogens is 1. The first-order valence-electron chi connectivity index (χ1n) is 11.6. The minimum Gasteiger partial charge on any atom is -0.354 e. The van der Waals surface area contributed by atoms with E-state index in [2.05, 4.69) is 28.9 Å². The van der Waals surface area contributed by atoms with Crippen LogP contribution in [0.25, 0.3) is 22.0 Å². The van der Waals surface area contributed by atoms with Crippen LogP contribution in [0, 0.1) is 0 Å². The van der Waals surface area contributed by atoms with Crippen LogP contribution >= 0.6 is 11.8 Å². The van der Waals surface area contributed by atoms with Crippen LogP contribution in [0.2, 0.25) is 0 Å². The van der Waals surface area contributed by atoms with Crippen molar-refractivity contribution in [2.45, 2.75) is 11.8 Å². The number of sulfonamides is 1. The molecule has 5 rings (SSSR count). The Morgan fingerprint density at radius 1 is 0.909 bits per heavy atom. The van der Waals surface area contributed by atoms with Gasteiger partial charge in [-0.2, -0.15) is 16.1 Å². The summed E-state index contributed by atoms with van der Waals surface area (Å²) >= 11 is 1.80. The van der Waals surface area contributed by atoms with Crippen molar-refractivity contribution in [3.63, 3.8) is 0 Å². The van der Waals surface area contributed by atoms with Crippen molar-refractivity contribution in [2.75, 3.05) is 62.2 Å². The number of likely N-dealkylation sites (N-methyl/N-ethyl adjacent to an activating group) is 1. The fraction of sp³-hybridized carbons (Fsp3) is 0.400. The van der Waals surface area contributed by atoms with E-state index in [-0.39, 0.29) is 0 Å². The summed E-state index contributed by atoms with van der Waals surface area (Å²) in [5, 5.41) is 2.19. The van der Waals surface area contributed by atoms with Gasteiger partial charge in [0.2, 0.25) is 10.0 Å². The van der Waals surface area contributed by atoms with Crippen molar-refractivity contribution in [1.29, 1.82) is 0 Å². The minimum atomic E-state index is -3.58. The Morgan fingerprint density at radius 3 is 2.36 bits per heavy atom. The van der Waals surface area contributed by atoms with E-state index in [0.29, 0.717) is 29.2 Å². The summed E-state index contributed by atoms with van der Waals surface area (Å²) in [7, 11) is -3.58. The van der Waals surface area contributed by atoms with Gasteiger partial charge in [-0.3, -0.25) is 0 Å². The highest BCUT2D eigenvalue weighted by Gasteiger charge is 2.29. The maximum absolute atomic E-state index is 13.6. The van der Waals surface area contributed by atoms with Gasteiger partial charge in [0.05, 0.1) is 10.6 Å². The number of nitrogens with zero attached hydrogens (tertiary/aromatic N) is 4. The molecule has 174 valence electrons. The average molecular weight is 483 g/mol. The van der Waals surface area contributed by atoms with Crippen LogP contribution in [0.15, 0.2) is 59.5 Å². The summed E-state index contributed by atoms with van der Waals surface area (Å²) in [6, 6.07) is 17.6. The zero-order valence-electron chi connectivity index (χ0n) is 19.0. The summed E-state index contributed by atoms with van der Waals surface area (Å²) in [5.41, 5.74) is 1.39. The lowest BCUT2D eigenvalue weighted by atomic mass is 10.1. The number of hydrogen-bond acceptors (Lipinski definition) is 6. The fourth-order valence-electron chi connectivity index (χ4n) is 4.66. The van der Waals surface area contributed by atoms with E-state index in [1.807, 2.05) is 30.3 Å². The number of thioether (sulfide) groups is 1. The largest absolute Gasteiger partial charge is 0.354 e. The quantitative estimate of drug-likeness (QED) is 0.552. The van der Waals surface area contributed by atoms with Crippen LogP contribution in [-0.2, 0) is 10.0 Å². The third kappa shape index (κ3) is 4.49. The first-order chi connectivity index (χ1) is 16.1. The van der Waals surface area contributed by atoms with Gasteiger partial charge in [0, 0.05) is 61.7 Å². The van der Waals surface area contributed by atoms with Crippen LogP contribution in [-0.4, -0.2) is 79.9 Å². The molecule has 0 unspecified atom stereocenters. The van der Waals surface area contributed by atoms with E-state index >= 15 is 0 Å². The third-order valence-corrected chi connectivity index (χ3v) is 9.49. The fourth-order valence-corrected chi connectivity index (χ4v) is 7.44. The maximum Gasteiger partial charge on any atom is 0.243 e.